The number of piperidine rings is 1. The van der Waals surface area contributed by atoms with Gasteiger partial charge in [-0.25, -0.2) is 4.68 Å². The number of tetrazole rings is 1. The Morgan fingerprint density at radius 3 is 2.86 bits per heavy atom. The summed E-state index contributed by atoms with van der Waals surface area (Å²) in [5.74, 6) is 1.51. The molecule has 3 fully saturated rings. The van der Waals surface area contributed by atoms with Gasteiger partial charge >= 0.3 is 0 Å². The Bertz CT molecular complexity index is 660. The van der Waals surface area contributed by atoms with E-state index in [4.69, 9.17) is 4.74 Å². The first kappa shape index (κ1) is 19.8. The van der Waals surface area contributed by atoms with Crippen molar-refractivity contribution >= 4 is 5.91 Å². The van der Waals surface area contributed by atoms with Crippen LogP contribution in [-0.2, 0) is 9.53 Å². The third-order valence-corrected chi connectivity index (χ3v) is 7.02. The molecule has 1 aromatic heterocycles. The summed E-state index contributed by atoms with van der Waals surface area (Å²) in [6.07, 6.45) is 8.47. The maximum absolute atomic E-state index is 11.8. The number of nitrogens with zero attached hydrogens (tertiary/aromatic N) is 4. The van der Waals surface area contributed by atoms with E-state index in [1.165, 1.54) is 19.3 Å². The van der Waals surface area contributed by atoms with Crippen LogP contribution >= 0.6 is 0 Å². The number of aliphatic hydroxyl groups is 1. The molecule has 4 rings (SSSR count). The molecule has 0 radical (unpaired) electrons. The smallest absolute Gasteiger partial charge is 0.222 e. The Morgan fingerprint density at radius 1 is 1.25 bits per heavy atom. The third kappa shape index (κ3) is 4.08. The molecule has 8 heteroatoms. The molecular formula is C20H33N5O3. The zero-order valence-electron chi connectivity index (χ0n) is 16.8. The van der Waals surface area contributed by atoms with E-state index in [2.05, 4.69) is 25.5 Å². The number of carbonyl (C=O) groups excluding carboxylic acids is 1. The van der Waals surface area contributed by atoms with Gasteiger partial charge < -0.3 is 15.2 Å². The Balaban J connectivity index is 1.54. The van der Waals surface area contributed by atoms with Crippen molar-refractivity contribution in [2.45, 2.75) is 88.8 Å². The van der Waals surface area contributed by atoms with Gasteiger partial charge in [0.05, 0.1) is 25.2 Å². The van der Waals surface area contributed by atoms with Crippen LogP contribution < -0.4 is 5.32 Å². The van der Waals surface area contributed by atoms with E-state index >= 15 is 0 Å². The Morgan fingerprint density at radius 2 is 2.07 bits per heavy atom. The summed E-state index contributed by atoms with van der Waals surface area (Å²) in [5, 5.41) is 26.4. The molecular weight excluding hydrogens is 358 g/mol. The largest absolute Gasteiger partial charge is 0.392 e. The van der Waals surface area contributed by atoms with Crippen molar-refractivity contribution in [3.8, 4) is 0 Å². The van der Waals surface area contributed by atoms with Crippen molar-refractivity contribution in [1.29, 1.82) is 0 Å². The molecule has 5 unspecified atom stereocenters. The average Bonchev–Trinajstić information content (AvgIpc) is 3.19. The third-order valence-electron chi connectivity index (χ3n) is 7.02. The molecule has 0 aromatic carbocycles. The van der Waals surface area contributed by atoms with Gasteiger partial charge in [0.2, 0.25) is 5.91 Å². The van der Waals surface area contributed by atoms with Crippen molar-refractivity contribution in [2.75, 3.05) is 13.2 Å². The molecule has 2 heterocycles. The molecule has 0 spiro atoms. The summed E-state index contributed by atoms with van der Waals surface area (Å²) in [6.45, 7) is 3.28. The first-order valence-corrected chi connectivity index (χ1v) is 11.0. The second kappa shape index (κ2) is 8.86. The fourth-order valence-electron chi connectivity index (χ4n) is 5.51. The first-order valence-electron chi connectivity index (χ1n) is 11.0. The molecule has 28 heavy (non-hydrogen) atoms. The average molecular weight is 392 g/mol. The van der Waals surface area contributed by atoms with Crippen LogP contribution in [0.2, 0.25) is 0 Å². The van der Waals surface area contributed by atoms with Crippen molar-refractivity contribution in [1.82, 2.24) is 25.5 Å². The predicted molar refractivity (Wildman–Crippen MR) is 103 cm³/mol. The second-order valence-corrected chi connectivity index (χ2v) is 8.72. The fourth-order valence-corrected chi connectivity index (χ4v) is 5.51. The number of aromatic nitrogens is 4. The highest BCUT2D eigenvalue weighted by Crippen LogP contribution is 2.42. The number of aliphatic hydroxyl groups excluding tert-OH is 1. The molecule has 1 saturated heterocycles. The number of ether oxygens (including phenoxy) is 1. The zero-order valence-corrected chi connectivity index (χ0v) is 16.8. The predicted octanol–water partition coefficient (Wildman–Crippen LogP) is 1.96. The van der Waals surface area contributed by atoms with Gasteiger partial charge in [-0.2, -0.15) is 0 Å². The van der Waals surface area contributed by atoms with Crippen LogP contribution in [-0.4, -0.2) is 56.6 Å². The van der Waals surface area contributed by atoms with Crippen LogP contribution in [0.15, 0.2) is 0 Å². The molecule has 2 aliphatic carbocycles. The lowest BCUT2D eigenvalue weighted by Gasteiger charge is -2.44. The first-order chi connectivity index (χ1) is 13.7. The van der Waals surface area contributed by atoms with Gasteiger partial charge in [-0.3, -0.25) is 4.79 Å². The van der Waals surface area contributed by atoms with Crippen LogP contribution in [0.3, 0.4) is 0 Å². The molecule has 8 nitrogen and oxygen atoms in total. The van der Waals surface area contributed by atoms with Crippen LogP contribution in [0.4, 0.5) is 0 Å². The lowest BCUT2D eigenvalue weighted by atomic mass is 9.69. The minimum absolute atomic E-state index is 0.0284. The van der Waals surface area contributed by atoms with Crippen LogP contribution in [0.5, 0.6) is 0 Å². The van der Waals surface area contributed by atoms with Crippen LogP contribution in [0.1, 0.15) is 82.5 Å². The second-order valence-electron chi connectivity index (χ2n) is 8.72. The van der Waals surface area contributed by atoms with Gasteiger partial charge in [0.15, 0.2) is 5.82 Å². The highest BCUT2D eigenvalue weighted by molar-refractivity contribution is 5.77. The molecule has 0 bridgehead atoms. The van der Waals surface area contributed by atoms with Gasteiger partial charge in [0, 0.05) is 24.5 Å². The Hall–Kier alpha value is -1.54. The summed E-state index contributed by atoms with van der Waals surface area (Å²) in [5.41, 5.74) is 0. The fraction of sp³-hybridized carbons (Fsp3) is 0.900. The SMILES string of the molecule is CCOCC(c1nnnn1C1CCCCC1)C1CCC2NC(=O)CC(O)C2C1. The molecule has 1 aromatic rings. The topological polar surface area (TPSA) is 102 Å². The molecule has 2 saturated carbocycles. The molecule has 5 atom stereocenters. The molecule has 3 aliphatic rings. The standard InChI is InChI=1S/C20H33N5O3/c1-2-28-12-16(20-22-23-24-25(20)14-6-4-3-5-7-14)13-8-9-17-15(10-13)18(26)11-19(27)21-17/h13-18,26H,2-12H2,1H3,(H,21,27). The van der Waals surface area contributed by atoms with Crippen molar-refractivity contribution in [3.63, 3.8) is 0 Å². The quantitative estimate of drug-likeness (QED) is 0.769. The van der Waals surface area contributed by atoms with E-state index in [-0.39, 0.29) is 30.2 Å². The van der Waals surface area contributed by atoms with Gasteiger partial charge in [-0.05, 0) is 55.4 Å². The van der Waals surface area contributed by atoms with E-state index < -0.39 is 6.10 Å². The summed E-state index contributed by atoms with van der Waals surface area (Å²) in [7, 11) is 0. The van der Waals surface area contributed by atoms with Gasteiger partial charge in [0.25, 0.3) is 0 Å². The van der Waals surface area contributed by atoms with E-state index in [0.29, 0.717) is 25.2 Å². The number of rotatable bonds is 6. The lowest BCUT2D eigenvalue weighted by Crippen LogP contribution is -2.54. The van der Waals surface area contributed by atoms with Gasteiger partial charge in [-0.1, -0.05) is 19.3 Å². The van der Waals surface area contributed by atoms with Crippen molar-refractivity contribution in [2.24, 2.45) is 11.8 Å². The number of nitrogens with one attached hydrogen (secondary N) is 1. The number of fused-ring (bicyclic) bond motifs is 1. The lowest BCUT2D eigenvalue weighted by molar-refractivity contribution is -0.130. The van der Waals surface area contributed by atoms with E-state index in [1.54, 1.807) is 0 Å². The maximum Gasteiger partial charge on any atom is 0.222 e. The molecule has 2 N–H and O–H groups in total. The van der Waals surface area contributed by atoms with E-state index in [9.17, 15) is 9.90 Å². The van der Waals surface area contributed by atoms with Crippen LogP contribution in [0, 0.1) is 11.8 Å². The Labute approximate surface area is 166 Å². The summed E-state index contributed by atoms with van der Waals surface area (Å²) < 4.78 is 7.92. The monoisotopic (exact) mass is 391 g/mol. The molecule has 156 valence electrons. The summed E-state index contributed by atoms with van der Waals surface area (Å²) in [4.78, 5) is 11.8. The van der Waals surface area contributed by atoms with E-state index in [0.717, 1.165) is 37.9 Å². The number of hydrogen-bond acceptors (Lipinski definition) is 6. The van der Waals surface area contributed by atoms with Crippen molar-refractivity contribution in [3.05, 3.63) is 5.82 Å². The molecule has 1 amide bonds. The zero-order chi connectivity index (χ0) is 19.5. The van der Waals surface area contributed by atoms with E-state index in [1.807, 2.05) is 6.92 Å². The Kier molecular flexibility index (Phi) is 6.25. The maximum atomic E-state index is 11.8. The normalized spacial score (nSPS) is 32.6. The number of amides is 1. The van der Waals surface area contributed by atoms with Gasteiger partial charge in [0.1, 0.15) is 0 Å². The highest BCUT2D eigenvalue weighted by Gasteiger charge is 2.43. The number of hydrogen-bond donors (Lipinski definition) is 2. The minimum Gasteiger partial charge on any atom is -0.392 e. The minimum atomic E-state index is -0.552. The van der Waals surface area contributed by atoms with Gasteiger partial charge in [-0.15, -0.1) is 5.10 Å². The number of carbonyl (C=O) groups is 1. The highest BCUT2D eigenvalue weighted by atomic mass is 16.5. The van der Waals surface area contributed by atoms with Crippen molar-refractivity contribution < 1.29 is 14.6 Å². The summed E-state index contributed by atoms with van der Waals surface area (Å²) in [6, 6.07) is 0.480. The van der Waals surface area contributed by atoms with Crippen LogP contribution in [0.25, 0.3) is 0 Å². The summed E-state index contributed by atoms with van der Waals surface area (Å²) >= 11 is 0. The molecule has 1 aliphatic heterocycles.